The van der Waals surface area contributed by atoms with Gasteiger partial charge in [0.1, 0.15) is 0 Å². The summed E-state index contributed by atoms with van der Waals surface area (Å²) in [4.78, 5) is 41.4. The normalized spacial score (nSPS) is 30.0. The minimum atomic E-state index is -1.02. The smallest absolute Gasteiger partial charge is 0.326 e. The van der Waals surface area contributed by atoms with Gasteiger partial charge in [0, 0.05) is 18.8 Å². The van der Waals surface area contributed by atoms with Crippen molar-refractivity contribution in [3.8, 4) is 0 Å². The third-order valence-corrected chi connectivity index (χ3v) is 4.23. The van der Waals surface area contributed by atoms with Crippen molar-refractivity contribution in [1.29, 1.82) is 0 Å². The van der Waals surface area contributed by atoms with Crippen LogP contribution in [0.2, 0.25) is 0 Å². The number of nitrogens with two attached hydrogens (primary N) is 1. The van der Waals surface area contributed by atoms with Crippen molar-refractivity contribution in [2.45, 2.75) is 57.5 Å². The molecule has 0 radical (unpaired) electrons. The summed E-state index contributed by atoms with van der Waals surface area (Å²) >= 11 is 0. The van der Waals surface area contributed by atoms with Gasteiger partial charge in [0.25, 0.3) is 0 Å². The maximum atomic E-state index is 12.3. The van der Waals surface area contributed by atoms with Crippen LogP contribution in [-0.2, 0) is 9.59 Å². The molecule has 3 atom stereocenters. The first kappa shape index (κ1) is 16.6. The molecule has 1 aliphatic carbocycles. The number of nitrogens with zero attached hydrogens (tertiary/aromatic N) is 2. The molecule has 122 valence electrons. The number of carbonyl (C=O) groups is 3. The Balaban J connectivity index is 2.06. The van der Waals surface area contributed by atoms with Crippen molar-refractivity contribution < 1.29 is 14.4 Å². The van der Waals surface area contributed by atoms with Crippen LogP contribution < -0.4 is 11.1 Å². The molecular weight excluding hydrogens is 284 g/mol. The van der Waals surface area contributed by atoms with Gasteiger partial charge in [-0.2, -0.15) is 0 Å². The topological polar surface area (TPSA) is 105 Å². The Morgan fingerprint density at radius 2 is 2.05 bits per heavy atom. The first-order valence-electron chi connectivity index (χ1n) is 7.99. The molecule has 7 nitrogen and oxygen atoms in total. The molecule has 0 aromatic rings. The highest BCUT2D eigenvalue weighted by Crippen LogP contribution is 2.20. The number of urea groups is 1. The van der Waals surface area contributed by atoms with E-state index in [1.54, 1.807) is 0 Å². The molecule has 0 spiro atoms. The van der Waals surface area contributed by atoms with Gasteiger partial charge in [-0.05, 0) is 19.3 Å². The van der Waals surface area contributed by atoms with E-state index in [0.29, 0.717) is 13.0 Å². The second kappa shape index (κ2) is 7.49. The van der Waals surface area contributed by atoms with Crippen LogP contribution >= 0.6 is 0 Å². The van der Waals surface area contributed by atoms with Crippen LogP contribution in [0.1, 0.15) is 45.4 Å². The van der Waals surface area contributed by atoms with E-state index in [1.807, 2.05) is 6.92 Å². The summed E-state index contributed by atoms with van der Waals surface area (Å²) in [5.41, 5.74) is 6.02. The molecule has 0 aromatic heterocycles. The number of barbiturate groups is 1. The standard InChI is InChI=1S/C15H24N4O3/c1-2-3-8-19-14(21)10(13(20)18-15(19)22)9-17-12-7-5-4-6-11(12)16/h9-12H,2-8,16H2,1H3,(H,18,20,22)/t10-,11+,12-/m1/s1. The van der Waals surface area contributed by atoms with Gasteiger partial charge in [-0.1, -0.05) is 26.2 Å². The summed E-state index contributed by atoms with van der Waals surface area (Å²) in [5.74, 6) is -2.12. The second-order valence-electron chi connectivity index (χ2n) is 5.93. The van der Waals surface area contributed by atoms with Crippen molar-refractivity contribution in [3.05, 3.63) is 0 Å². The highest BCUT2D eigenvalue weighted by Gasteiger charge is 2.39. The second-order valence-corrected chi connectivity index (χ2v) is 5.93. The number of rotatable bonds is 5. The zero-order valence-corrected chi connectivity index (χ0v) is 13.0. The predicted molar refractivity (Wildman–Crippen MR) is 82.4 cm³/mol. The fraction of sp³-hybridized carbons (Fsp3) is 0.733. The van der Waals surface area contributed by atoms with Gasteiger partial charge in [0.05, 0.1) is 6.04 Å². The van der Waals surface area contributed by atoms with Gasteiger partial charge >= 0.3 is 6.03 Å². The summed E-state index contributed by atoms with van der Waals surface area (Å²) in [6.07, 6.45) is 6.88. The monoisotopic (exact) mass is 308 g/mol. The number of aliphatic imine (C=N–C) groups is 1. The zero-order valence-electron chi connectivity index (χ0n) is 13.0. The Hall–Kier alpha value is -1.76. The molecule has 22 heavy (non-hydrogen) atoms. The highest BCUT2D eigenvalue weighted by molar-refractivity contribution is 6.23. The number of amides is 4. The number of hydrogen-bond donors (Lipinski definition) is 2. The Bertz CT molecular complexity index is 477. The van der Waals surface area contributed by atoms with Crippen molar-refractivity contribution in [1.82, 2.24) is 10.2 Å². The zero-order chi connectivity index (χ0) is 16.1. The third-order valence-electron chi connectivity index (χ3n) is 4.23. The maximum absolute atomic E-state index is 12.3. The highest BCUT2D eigenvalue weighted by atomic mass is 16.2. The lowest BCUT2D eigenvalue weighted by Gasteiger charge is -2.29. The average Bonchev–Trinajstić information content (AvgIpc) is 2.48. The summed E-state index contributed by atoms with van der Waals surface area (Å²) in [6, 6.07) is -0.705. The van der Waals surface area contributed by atoms with Crippen molar-refractivity contribution >= 4 is 24.1 Å². The fourth-order valence-electron chi connectivity index (χ4n) is 2.81. The Morgan fingerprint density at radius 3 is 2.73 bits per heavy atom. The van der Waals surface area contributed by atoms with Gasteiger partial charge in [-0.3, -0.25) is 24.8 Å². The molecule has 1 heterocycles. The lowest BCUT2D eigenvalue weighted by Crippen LogP contribution is -2.58. The van der Waals surface area contributed by atoms with E-state index in [0.717, 1.165) is 37.0 Å². The van der Waals surface area contributed by atoms with Gasteiger partial charge in [-0.15, -0.1) is 0 Å². The lowest BCUT2D eigenvalue weighted by molar-refractivity contribution is -0.139. The molecule has 3 N–H and O–H groups in total. The van der Waals surface area contributed by atoms with Gasteiger partial charge < -0.3 is 5.73 Å². The van der Waals surface area contributed by atoms with Gasteiger partial charge in [-0.25, -0.2) is 4.79 Å². The molecule has 2 aliphatic rings. The van der Waals surface area contributed by atoms with Crippen LogP contribution in [-0.4, -0.2) is 47.6 Å². The molecule has 4 amide bonds. The molecule has 1 saturated carbocycles. The molecule has 0 bridgehead atoms. The van der Waals surface area contributed by atoms with Crippen LogP contribution in [0.5, 0.6) is 0 Å². The molecule has 1 aliphatic heterocycles. The van der Waals surface area contributed by atoms with E-state index in [4.69, 9.17) is 5.73 Å². The molecule has 1 saturated heterocycles. The first-order valence-corrected chi connectivity index (χ1v) is 7.99. The van der Waals surface area contributed by atoms with E-state index in [2.05, 4.69) is 10.3 Å². The van der Waals surface area contributed by atoms with E-state index in [1.165, 1.54) is 6.21 Å². The summed E-state index contributed by atoms with van der Waals surface area (Å²) in [7, 11) is 0. The Kier molecular flexibility index (Phi) is 5.65. The SMILES string of the molecule is CCCCN1C(=O)NC(=O)[C@@H](C=N[C@@H]2CCCC[C@@H]2N)C1=O. The predicted octanol–water partition coefficient (Wildman–Crippen LogP) is 0.822. The summed E-state index contributed by atoms with van der Waals surface area (Å²) < 4.78 is 0. The minimum absolute atomic E-state index is 0.0235. The van der Waals surface area contributed by atoms with Crippen molar-refractivity contribution in [2.24, 2.45) is 16.6 Å². The van der Waals surface area contributed by atoms with Crippen LogP contribution in [0.25, 0.3) is 0 Å². The first-order chi connectivity index (χ1) is 10.5. The number of imide groups is 2. The number of carbonyl (C=O) groups excluding carboxylic acids is 3. The van der Waals surface area contributed by atoms with E-state index < -0.39 is 23.8 Å². The summed E-state index contributed by atoms with van der Waals surface area (Å²) in [6.45, 7) is 2.29. The molecule has 0 unspecified atom stereocenters. The molecular formula is C15H24N4O3. The summed E-state index contributed by atoms with van der Waals surface area (Å²) in [5, 5.41) is 2.22. The largest absolute Gasteiger partial charge is 0.330 e. The van der Waals surface area contributed by atoms with Crippen LogP contribution in [0.15, 0.2) is 4.99 Å². The third kappa shape index (κ3) is 3.71. The fourth-order valence-corrected chi connectivity index (χ4v) is 2.81. The minimum Gasteiger partial charge on any atom is -0.326 e. The molecule has 2 fully saturated rings. The average molecular weight is 308 g/mol. The number of hydrogen-bond acceptors (Lipinski definition) is 5. The van der Waals surface area contributed by atoms with Crippen LogP contribution in [0.4, 0.5) is 4.79 Å². The van der Waals surface area contributed by atoms with Crippen LogP contribution in [0.3, 0.4) is 0 Å². The van der Waals surface area contributed by atoms with Crippen molar-refractivity contribution in [2.75, 3.05) is 6.54 Å². The van der Waals surface area contributed by atoms with Crippen molar-refractivity contribution in [3.63, 3.8) is 0 Å². The molecule has 7 heteroatoms. The van der Waals surface area contributed by atoms with E-state index >= 15 is 0 Å². The van der Waals surface area contributed by atoms with Gasteiger partial charge in [0.15, 0.2) is 5.92 Å². The molecule has 0 aromatic carbocycles. The quantitative estimate of drug-likeness (QED) is 0.579. The number of unbranched alkanes of at least 4 members (excludes halogenated alkanes) is 1. The van der Waals surface area contributed by atoms with E-state index in [9.17, 15) is 14.4 Å². The number of nitrogens with one attached hydrogen (secondary N) is 1. The van der Waals surface area contributed by atoms with Crippen LogP contribution in [0, 0.1) is 5.92 Å². The van der Waals surface area contributed by atoms with Gasteiger partial charge in [0.2, 0.25) is 11.8 Å². The lowest BCUT2D eigenvalue weighted by atomic mass is 9.91. The Morgan fingerprint density at radius 1 is 1.32 bits per heavy atom. The Labute approximate surface area is 130 Å². The van der Waals surface area contributed by atoms with E-state index in [-0.39, 0.29) is 12.1 Å². The molecule has 2 rings (SSSR count). The maximum Gasteiger partial charge on any atom is 0.330 e.